The van der Waals surface area contributed by atoms with E-state index >= 15 is 0 Å². The molecule has 0 amide bonds. The van der Waals surface area contributed by atoms with Crippen molar-refractivity contribution in [3.8, 4) is 5.75 Å². The maximum atomic E-state index is 9.54. The zero-order valence-electron chi connectivity index (χ0n) is 10.4. The highest BCUT2D eigenvalue weighted by Crippen LogP contribution is 2.41. The number of nitrogens with one attached hydrogen (secondary N) is 1. The minimum absolute atomic E-state index is 0.290. The highest BCUT2D eigenvalue weighted by Gasteiger charge is 2.04. The molecule has 1 heterocycles. The number of aromatic amines is 1. The van der Waals surface area contributed by atoms with E-state index in [1.807, 2.05) is 36.5 Å². The van der Waals surface area contributed by atoms with Crippen LogP contribution in [0.15, 0.2) is 64.5 Å². The average molecular weight is 317 g/mol. The summed E-state index contributed by atoms with van der Waals surface area (Å²) < 4.78 is 0.753. The molecule has 0 aliphatic rings. The van der Waals surface area contributed by atoms with Crippen molar-refractivity contribution in [2.24, 2.45) is 0 Å². The topological polar surface area (TPSA) is 36.0 Å². The molecule has 2 nitrogen and oxygen atoms in total. The quantitative estimate of drug-likeness (QED) is 0.501. The second-order valence-electron chi connectivity index (χ2n) is 4.19. The minimum atomic E-state index is 0.290. The number of rotatable bonds is 3. The molecule has 0 bridgehead atoms. The van der Waals surface area contributed by atoms with E-state index in [9.17, 15) is 5.11 Å². The molecule has 3 aromatic rings. The van der Waals surface area contributed by atoms with Gasteiger partial charge in [0, 0.05) is 11.1 Å². The zero-order chi connectivity index (χ0) is 13.9. The molecule has 0 spiro atoms. The van der Waals surface area contributed by atoms with Crippen molar-refractivity contribution in [1.82, 2.24) is 4.98 Å². The lowest BCUT2D eigenvalue weighted by Gasteiger charge is -2.06. The summed E-state index contributed by atoms with van der Waals surface area (Å²) in [6, 6.07) is 15.5. The first-order chi connectivity index (χ1) is 9.74. The normalized spacial score (nSPS) is 10.8. The van der Waals surface area contributed by atoms with Gasteiger partial charge in [-0.05, 0) is 58.0 Å². The number of hydrogen-bond acceptors (Lipinski definition) is 4. The van der Waals surface area contributed by atoms with Gasteiger partial charge in [-0.3, -0.25) is 0 Å². The number of aromatic hydroxyl groups is 1. The number of benzene rings is 2. The first-order valence-corrected chi connectivity index (χ1v) is 8.54. The van der Waals surface area contributed by atoms with Gasteiger partial charge >= 0.3 is 0 Å². The van der Waals surface area contributed by atoms with Gasteiger partial charge in [0.25, 0.3) is 0 Å². The van der Waals surface area contributed by atoms with Gasteiger partial charge in [-0.2, -0.15) is 0 Å². The Morgan fingerprint density at radius 1 is 0.950 bits per heavy atom. The van der Waals surface area contributed by atoms with E-state index in [2.05, 4.69) is 11.1 Å². The fraction of sp³-hybridized carbons (Fsp3) is 0. The lowest BCUT2D eigenvalue weighted by atomic mass is 10.1. The first-order valence-electron chi connectivity index (χ1n) is 5.98. The van der Waals surface area contributed by atoms with Crippen LogP contribution in [-0.2, 0) is 0 Å². The molecule has 0 aliphatic carbocycles. The standard InChI is InChI=1S/C15H11NOS3/c17-11-6-7-12-10(9-11)3-1-4-13(12)19-20-14-5-2-8-16-15(14)18/h1-9,17H,(H,16,18). The fourth-order valence-corrected chi connectivity index (χ4v) is 4.54. The Bertz CT molecular complexity index is 813. The second-order valence-corrected chi connectivity index (χ2v) is 6.81. The van der Waals surface area contributed by atoms with Gasteiger partial charge in [0.05, 0.1) is 4.90 Å². The van der Waals surface area contributed by atoms with Gasteiger partial charge < -0.3 is 10.1 Å². The summed E-state index contributed by atoms with van der Waals surface area (Å²) in [7, 11) is 3.31. The Balaban J connectivity index is 1.92. The van der Waals surface area contributed by atoms with E-state index in [-0.39, 0.29) is 5.75 Å². The third-order valence-corrected chi connectivity index (χ3v) is 5.76. The molecule has 0 saturated heterocycles. The van der Waals surface area contributed by atoms with Crippen molar-refractivity contribution in [3.05, 3.63) is 59.4 Å². The zero-order valence-corrected chi connectivity index (χ0v) is 12.8. The maximum Gasteiger partial charge on any atom is 0.117 e. The van der Waals surface area contributed by atoms with E-state index in [4.69, 9.17) is 12.2 Å². The van der Waals surface area contributed by atoms with Crippen LogP contribution in [0.2, 0.25) is 0 Å². The molecule has 2 aromatic carbocycles. The SMILES string of the molecule is Oc1ccc2c(SSc3ccc[nH]c3=S)cccc2c1. The summed E-state index contributed by atoms with van der Waals surface area (Å²) in [5.74, 6) is 0.290. The number of phenols is 1. The summed E-state index contributed by atoms with van der Waals surface area (Å²) >= 11 is 5.26. The van der Waals surface area contributed by atoms with E-state index < -0.39 is 0 Å². The molecule has 0 atom stereocenters. The van der Waals surface area contributed by atoms with Crippen LogP contribution in [0, 0.1) is 4.64 Å². The van der Waals surface area contributed by atoms with Crippen LogP contribution in [-0.4, -0.2) is 10.1 Å². The molecule has 0 saturated carbocycles. The van der Waals surface area contributed by atoms with Crippen molar-refractivity contribution in [2.75, 3.05) is 0 Å². The number of aromatic nitrogens is 1. The highest BCUT2D eigenvalue weighted by molar-refractivity contribution is 8.76. The van der Waals surface area contributed by atoms with Crippen molar-refractivity contribution < 1.29 is 5.11 Å². The van der Waals surface area contributed by atoms with Crippen LogP contribution in [0.25, 0.3) is 10.8 Å². The Kier molecular flexibility index (Phi) is 4.00. The number of pyridine rings is 1. The number of phenolic OH excluding ortho intramolecular Hbond substituents is 1. The summed E-state index contributed by atoms with van der Waals surface area (Å²) in [5.41, 5.74) is 0. The summed E-state index contributed by atoms with van der Waals surface area (Å²) in [6.45, 7) is 0. The molecule has 0 fully saturated rings. The Hall–Kier alpha value is -1.43. The average Bonchev–Trinajstić information content (AvgIpc) is 2.46. The lowest BCUT2D eigenvalue weighted by molar-refractivity contribution is 0.476. The molecule has 2 N–H and O–H groups in total. The molecular weight excluding hydrogens is 306 g/mol. The molecule has 20 heavy (non-hydrogen) atoms. The Morgan fingerprint density at radius 2 is 1.75 bits per heavy atom. The lowest BCUT2D eigenvalue weighted by Crippen LogP contribution is -1.78. The van der Waals surface area contributed by atoms with E-state index in [0.717, 1.165) is 25.2 Å². The Labute approximate surface area is 129 Å². The van der Waals surface area contributed by atoms with E-state index in [1.165, 1.54) is 0 Å². The van der Waals surface area contributed by atoms with Crippen LogP contribution in [0.4, 0.5) is 0 Å². The van der Waals surface area contributed by atoms with Crippen LogP contribution >= 0.6 is 33.8 Å². The van der Waals surface area contributed by atoms with Gasteiger partial charge in [-0.15, -0.1) is 0 Å². The van der Waals surface area contributed by atoms with E-state index in [1.54, 1.807) is 33.7 Å². The van der Waals surface area contributed by atoms with Crippen LogP contribution in [0.5, 0.6) is 5.75 Å². The van der Waals surface area contributed by atoms with Gasteiger partial charge in [-0.25, -0.2) is 0 Å². The predicted molar refractivity (Wildman–Crippen MR) is 89.0 cm³/mol. The van der Waals surface area contributed by atoms with Gasteiger partial charge in [-0.1, -0.05) is 35.1 Å². The van der Waals surface area contributed by atoms with Crippen molar-refractivity contribution >= 4 is 44.6 Å². The van der Waals surface area contributed by atoms with E-state index in [0.29, 0.717) is 0 Å². The number of H-pyrrole nitrogens is 1. The van der Waals surface area contributed by atoms with Crippen molar-refractivity contribution in [1.29, 1.82) is 0 Å². The van der Waals surface area contributed by atoms with Crippen LogP contribution < -0.4 is 0 Å². The van der Waals surface area contributed by atoms with Crippen molar-refractivity contribution in [2.45, 2.75) is 9.79 Å². The van der Waals surface area contributed by atoms with Gasteiger partial charge in [0.2, 0.25) is 0 Å². The van der Waals surface area contributed by atoms with Gasteiger partial charge in [0.1, 0.15) is 10.4 Å². The molecule has 0 aliphatic heterocycles. The molecule has 3 rings (SSSR count). The summed E-state index contributed by atoms with van der Waals surface area (Å²) in [5, 5.41) is 11.7. The fourth-order valence-electron chi connectivity index (χ4n) is 1.88. The van der Waals surface area contributed by atoms with Crippen LogP contribution in [0.3, 0.4) is 0 Å². The first kappa shape index (κ1) is 13.5. The monoisotopic (exact) mass is 317 g/mol. The molecular formula is C15H11NOS3. The largest absolute Gasteiger partial charge is 0.508 e. The third kappa shape index (κ3) is 2.85. The second kappa shape index (κ2) is 5.91. The Morgan fingerprint density at radius 3 is 2.60 bits per heavy atom. The smallest absolute Gasteiger partial charge is 0.117 e. The van der Waals surface area contributed by atoms with Gasteiger partial charge in [0.15, 0.2) is 0 Å². The molecule has 0 unspecified atom stereocenters. The summed E-state index contributed by atoms with van der Waals surface area (Å²) in [6.07, 6.45) is 1.83. The molecule has 0 radical (unpaired) electrons. The molecule has 100 valence electrons. The third-order valence-electron chi connectivity index (χ3n) is 2.83. The molecule has 5 heteroatoms. The summed E-state index contributed by atoms with van der Waals surface area (Å²) in [4.78, 5) is 5.23. The maximum absolute atomic E-state index is 9.54. The number of fused-ring (bicyclic) bond motifs is 1. The molecule has 1 aromatic heterocycles. The highest BCUT2D eigenvalue weighted by atomic mass is 33.1. The number of hydrogen-bond donors (Lipinski definition) is 2. The van der Waals surface area contributed by atoms with Crippen molar-refractivity contribution in [3.63, 3.8) is 0 Å². The van der Waals surface area contributed by atoms with Crippen LogP contribution in [0.1, 0.15) is 0 Å². The predicted octanol–water partition coefficient (Wildman–Crippen LogP) is 5.40. The minimum Gasteiger partial charge on any atom is -0.508 e.